The third kappa shape index (κ3) is 4.20. The van der Waals surface area contributed by atoms with E-state index < -0.39 is 0 Å². The van der Waals surface area contributed by atoms with Crippen molar-refractivity contribution >= 4 is 0 Å². The van der Waals surface area contributed by atoms with Crippen molar-refractivity contribution in [1.82, 2.24) is 30.1 Å². The average molecular weight is 328 g/mol. The van der Waals surface area contributed by atoms with Crippen LogP contribution >= 0.6 is 0 Å². The summed E-state index contributed by atoms with van der Waals surface area (Å²) < 4.78 is 1.86. The number of likely N-dealkylation sites (N-methyl/N-ethyl adjacent to an activating group) is 1. The molecule has 1 saturated heterocycles. The summed E-state index contributed by atoms with van der Waals surface area (Å²) in [6, 6.07) is 8.77. The van der Waals surface area contributed by atoms with Crippen molar-refractivity contribution in [3.05, 3.63) is 41.7 Å². The van der Waals surface area contributed by atoms with E-state index >= 15 is 0 Å². The van der Waals surface area contributed by atoms with E-state index in [0.717, 1.165) is 50.6 Å². The Labute approximate surface area is 144 Å². The molecule has 24 heavy (non-hydrogen) atoms. The molecule has 1 atom stereocenters. The van der Waals surface area contributed by atoms with Gasteiger partial charge < -0.3 is 10.2 Å². The van der Waals surface area contributed by atoms with Gasteiger partial charge in [0.05, 0.1) is 17.6 Å². The summed E-state index contributed by atoms with van der Waals surface area (Å²) in [5.74, 6) is 0. The molecule has 0 bridgehead atoms. The first-order chi connectivity index (χ1) is 11.6. The van der Waals surface area contributed by atoms with E-state index in [9.17, 15) is 0 Å². The van der Waals surface area contributed by atoms with Crippen molar-refractivity contribution in [2.24, 2.45) is 0 Å². The van der Waals surface area contributed by atoms with Crippen molar-refractivity contribution in [1.29, 1.82) is 0 Å². The van der Waals surface area contributed by atoms with E-state index in [1.807, 2.05) is 23.0 Å². The van der Waals surface area contributed by atoms with Gasteiger partial charge in [0, 0.05) is 45.3 Å². The number of piperazine rings is 1. The molecular weight excluding hydrogens is 300 g/mol. The molecule has 1 aromatic carbocycles. The summed E-state index contributed by atoms with van der Waals surface area (Å²) in [6.07, 6.45) is 2.01. The predicted molar refractivity (Wildman–Crippen MR) is 96.3 cm³/mol. The highest BCUT2D eigenvalue weighted by Gasteiger charge is 2.18. The van der Waals surface area contributed by atoms with Gasteiger partial charge in [-0.05, 0) is 32.5 Å². The maximum atomic E-state index is 4.28. The van der Waals surface area contributed by atoms with Gasteiger partial charge in [-0.25, -0.2) is 4.68 Å². The summed E-state index contributed by atoms with van der Waals surface area (Å²) in [6.45, 7) is 10.7. The van der Waals surface area contributed by atoms with E-state index in [2.05, 4.69) is 58.5 Å². The number of hydrogen-bond acceptors (Lipinski definition) is 5. The Hall–Kier alpha value is -1.76. The minimum atomic E-state index is 0.546. The number of benzene rings is 1. The Morgan fingerprint density at radius 3 is 2.67 bits per heavy atom. The first kappa shape index (κ1) is 17.1. The van der Waals surface area contributed by atoms with E-state index in [1.54, 1.807) is 0 Å². The molecule has 0 spiro atoms. The number of nitrogens with zero attached hydrogens (tertiary/aromatic N) is 5. The maximum absolute atomic E-state index is 4.28. The van der Waals surface area contributed by atoms with Crippen LogP contribution in [0.1, 0.15) is 18.2 Å². The van der Waals surface area contributed by atoms with E-state index in [4.69, 9.17) is 0 Å². The molecule has 1 fully saturated rings. The van der Waals surface area contributed by atoms with Crippen molar-refractivity contribution < 1.29 is 0 Å². The van der Waals surface area contributed by atoms with Gasteiger partial charge >= 0.3 is 0 Å². The molecule has 1 aliphatic heterocycles. The lowest BCUT2D eigenvalue weighted by molar-refractivity contribution is 0.117. The molecule has 1 unspecified atom stereocenters. The van der Waals surface area contributed by atoms with Crippen LogP contribution in [-0.2, 0) is 6.54 Å². The minimum Gasteiger partial charge on any atom is -0.310 e. The zero-order chi connectivity index (χ0) is 16.9. The van der Waals surface area contributed by atoms with Crippen LogP contribution in [0.5, 0.6) is 0 Å². The van der Waals surface area contributed by atoms with E-state index in [-0.39, 0.29) is 0 Å². The van der Waals surface area contributed by atoms with Crippen LogP contribution in [0.3, 0.4) is 0 Å². The molecule has 0 radical (unpaired) electrons. The number of nitrogens with one attached hydrogen (secondary N) is 1. The quantitative estimate of drug-likeness (QED) is 0.866. The maximum Gasteiger partial charge on any atom is 0.0969 e. The normalized spacial score (nSPS) is 18.0. The monoisotopic (exact) mass is 328 g/mol. The Balaban J connectivity index is 1.48. The van der Waals surface area contributed by atoms with Crippen LogP contribution in [0.2, 0.25) is 0 Å². The van der Waals surface area contributed by atoms with Gasteiger partial charge in [0.15, 0.2) is 0 Å². The van der Waals surface area contributed by atoms with Crippen molar-refractivity contribution in [2.45, 2.75) is 26.4 Å². The summed E-state index contributed by atoms with van der Waals surface area (Å²) in [5.41, 5.74) is 3.26. The molecule has 1 N–H and O–H groups in total. The van der Waals surface area contributed by atoms with Gasteiger partial charge in [-0.1, -0.05) is 23.4 Å². The second-order valence-electron chi connectivity index (χ2n) is 6.76. The lowest BCUT2D eigenvalue weighted by atomic mass is 10.2. The molecule has 0 saturated carbocycles. The molecular formula is C18H28N6. The fraction of sp³-hybridized carbons (Fsp3) is 0.556. The number of hydrogen-bond donors (Lipinski definition) is 1. The molecule has 6 heteroatoms. The first-order valence-electron chi connectivity index (χ1n) is 8.74. The first-order valence-corrected chi connectivity index (χ1v) is 8.74. The predicted octanol–water partition coefficient (Wildman–Crippen LogP) is 1.30. The topological polar surface area (TPSA) is 49.2 Å². The third-order valence-electron chi connectivity index (χ3n) is 4.81. The number of rotatable bonds is 6. The molecule has 6 nitrogen and oxygen atoms in total. The van der Waals surface area contributed by atoms with Crippen LogP contribution < -0.4 is 5.32 Å². The molecule has 130 valence electrons. The van der Waals surface area contributed by atoms with Crippen molar-refractivity contribution in [3.63, 3.8) is 0 Å². The Morgan fingerprint density at radius 1 is 1.17 bits per heavy atom. The van der Waals surface area contributed by atoms with Crippen LogP contribution in [0.4, 0.5) is 0 Å². The molecule has 2 heterocycles. The Bertz CT molecular complexity index is 644. The second kappa shape index (κ2) is 7.88. The average Bonchev–Trinajstić information content (AvgIpc) is 3.04. The largest absolute Gasteiger partial charge is 0.310 e. The van der Waals surface area contributed by atoms with Crippen molar-refractivity contribution in [2.75, 3.05) is 39.8 Å². The highest BCUT2D eigenvalue weighted by molar-refractivity contribution is 5.38. The van der Waals surface area contributed by atoms with Crippen molar-refractivity contribution in [3.8, 4) is 5.69 Å². The van der Waals surface area contributed by atoms with E-state index in [1.165, 1.54) is 5.56 Å². The number of aromatic nitrogens is 3. The molecule has 0 amide bonds. The van der Waals surface area contributed by atoms with Crippen LogP contribution in [0.15, 0.2) is 30.5 Å². The lowest BCUT2D eigenvalue weighted by Gasteiger charge is -2.36. The summed E-state index contributed by atoms with van der Waals surface area (Å²) in [4.78, 5) is 4.94. The van der Waals surface area contributed by atoms with E-state index in [0.29, 0.717) is 6.04 Å². The standard InChI is InChI=1S/C18H28N6/c1-15-6-4-5-7-18(15)24-14-17(20-21-24)13-19-12-16(2)23-10-8-22(3)9-11-23/h4-7,14,16,19H,8-13H2,1-3H3. The van der Waals surface area contributed by atoms with Gasteiger partial charge in [0.25, 0.3) is 0 Å². The Kier molecular flexibility index (Phi) is 5.60. The van der Waals surface area contributed by atoms with Gasteiger partial charge in [-0.2, -0.15) is 0 Å². The summed E-state index contributed by atoms with van der Waals surface area (Å²) in [5, 5.41) is 12.1. The summed E-state index contributed by atoms with van der Waals surface area (Å²) in [7, 11) is 2.19. The smallest absolute Gasteiger partial charge is 0.0969 e. The molecule has 2 aromatic rings. The second-order valence-corrected chi connectivity index (χ2v) is 6.76. The zero-order valence-corrected chi connectivity index (χ0v) is 14.9. The fourth-order valence-corrected chi connectivity index (χ4v) is 3.12. The molecule has 0 aliphatic carbocycles. The third-order valence-corrected chi connectivity index (χ3v) is 4.81. The highest BCUT2D eigenvalue weighted by atomic mass is 15.4. The van der Waals surface area contributed by atoms with Crippen LogP contribution in [0.25, 0.3) is 5.69 Å². The number of aryl methyl sites for hydroxylation is 1. The van der Waals surface area contributed by atoms with Gasteiger partial charge in [-0.3, -0.25) is 4.90 Å². The van der Waals surface area contributed by atoms with Crippen LogP contribution in [0, 0.1) is 6.92 Å². The van der Waals surface area contributed by atoms with Gasteiger partial charge in [0.1, 0.15) is 0 Å². The SMILES string of the molecule is Cc1ccccc1-n1cc(CNCC(C)N2CCN(C)CC2)nn1. The molecule has 3 rings (SSSR count). The zero-order valence-electron chi connectivity index (χ0n) is 14.9. The molecule has 1 aromatic heterocycles. The van der Waals surface area contributed by atoms with Gasteiger partial charge in [0.2, 0.25) is 0 Å². The Morgan fingerprint density at radius 2 is 1.92 bits per heavy atom. The lowest BCUT2D eigenvalue weighted by Crippen LogP contribution is -2.50. The number of para-hydroxylation sites is 1. The highest BCUT2D eigenvalue weighted by Crippen LogP contribution is 2.12. The van der Waals surface area contributed by atoms with Gasteiger partial charge in [-0.15, -0.1) is 5.10 Å². The summed E-state index contributed by atoms with van der Waals surface area (Å²) >= 11 is 0. The van der Waals surface area contributed by atoms with Crippen LogP contribution in [-0.4, -0.2) is 70.6 Å². The minimum absolute atomic E-state index is 0.546. The fourth-order valence-electron chi connectivity index (χ4n) is 3.12. The molecule has 1 aliphatic rings.